The zero-order valence-corrected chi connectivity index (χ0v) is 12.0. The van der Waals surface area contributed by atoms with Crippen LogP contribution in [0.4, 0.5) is 5.82 Å². The molecule has 2 aliphatic rings. The Kier molecular flexibility index (Phi) is 3.61. The summed E-state index contributed by atoms with van der Waals surface area (Å²) in [5.74, 6) is 0.720. The standard InChI is InChI=1S/C15H21N3O2/c1-3-16-14-7-10(6-9(2)17-14)15(19)18-12-8-11-4-5-13(12)20-11/h6-7,11-13H,3-5,8H2,1-2H3,(H,16,17)(H,18,19). The van der Waals surface area contributed by atoms with E-state index in [4.69, 9.17) is 4.74 Å². The van der Waals surface area contributed by atoms with Gasteiger partial charge in [0, 0.05) is 17.8 Å². The van der Waals surface area contributed by atoms with Crippen LogP contribution in [0.5, 0.6) is 0 Å². The van der Waals surface area contributed by atoms with Crippen LogP contribution in [0, 0.1) is 6.92 Å². The van der Waals surface area contributed by atoms with Gasteiger partial charge in [0.25, 0.3) is 5.91 Å². The van der Waals surface area contributed by atoms with Crippen molar-refractivity contribution in [1.29, 1.82) is 0 Å². The van der Waals surface area contributed by atoms with Gasteiger partial charge in [-0.15, -0.1) is 0 Å². The monoisotopic (exact) mass is 275 g/mol. The molecule has 0 radical (unpaired) electrons. The molecule has 2 saturated heterocycles. The summed E-state index contributed by atoms with van der Waals surface area (Å²) < 4.78 is 5.77. The molecule has 5 heteroatoms. The van der Waals surface area contributed by atoms with E-state index in [0.29, 0.717) is 11.7 Å². The number of nitrogens with one attached hydrogen (secondary N) is 2. The van der Waals surface area contributed by atoms with Crippen molar-refractivity contribution in [3.05, 3.63) is 23.4 Å². The summed E-state index contributed by atoms with van der Waals surface area (Å²) >= 11 is 0. The lowest BCUT2D eigenvalue weighted by atomic mass is 9.95. The molecule has 0 spiro atoms. The fourth-order valence-corrected chi connectivity index (χ4v) is 3.11. The highest BCUT2D eigenvalue weighted by atomic mass is 16.5. The Hall–Kier alpha value is -1.62. The molecule has 3 unspecified atom stereocenters. The fourth-order valence-electron chi connectivity index (χ4n) is 3.11. The highest BCUT2D eigenvalue weighted by Crippen LogP contribution is 2.34. The number of amides is 1. The molecule has 1 amide bonds. The van der Waals surface area contributed by atoms with Gasteiger partial charge >= 0.3 is 0 Å². The second-order valence-corrected chi connectivity index (χ2v) is 5.60. The van der Waals surface area contributed by atoms with E-state index in [-0.39, 0.29) is 18.1 Å². The molecule has 1 aromatic rings. The third-order valence-corrected chi connectivity index (χ3v) is 4.00. The third kappa shape index (κ3) is 2.63. The SMILES string of the molecule is CCNc1cc(C(=O)NC2CC3CCC2O3)cc(C)n1. The van der Waals surface area contributed by atoms with Crippen molar-refractivity contribution in [3.8, 4) is 0 Å². The summed E-state index contributed by atoms with van der Waals surface area (Å²) in [6, 6.07) is 3.79. The quantitative estimate of drug-likeness (QED) is 0.880. The van der Waals surface area contributed by atoms with Crippen LogP contribution < -0.4 is 10.6 Å². The van der Waals surface area contributed by atoms with Crippen LogP contribution in [-0.2, 0) is 4.74 Å². The first kappa shape index (κ1) is 13.4. The Morgan fingerprint density at radius 3 is 2.95 bits per heavy atom. The minimum absolute atomic E-state index is 0.0317. The lowest BCUT2D eigenvalue weighted by Crippen LogP contribution is -2.41. The molecule has 20 heavy (non-hydrogen) atoms. The number of hydrogen-bond donors (Lipinski definition) is 2. The van der Waals surface area contributed by atoms with Gasteiger partial charge in [-0.3, -0.25) is 4.79 Å². The van der Waals surface area contributed by atoms with Gasteiger partial charge in [-0.2, -0.15) is 0 Å². The molecule has 1 aromatic heterocycles. The van der Waals surface area contributed by atoms with Crippen molar-refractivity contribution in [2.24, 2.45) is 0 Å². The van der Waals surface area contributed by atoms with Crippen LogP contribution >= 0.6 is 0 Å². The number of carbonyl (C=O) groups is 1. The maximum atomic E-state index is 12.4. The van der Waals surface area contributed by atoms with Crippen LogP contribution in [0.2, 0.25) is 0 Å². The first-order valence-electron chi connectivity index (χ1n) is 7.34. The number of aryl methyl sites for hydroxylation is 1. The molecule has 5 nitrogen and oxygen atoms in total. The van der Waals surface area contributed by atoms with E-state index in [2.05, 4.69) is 15.6 Å². The summed E-state index contributed by atoms with van der Waals surface area (Å²) in [5.41, 5.74) is 1.51. The number of aromatic nitrogens is 1. The van der Waals surface area contributed by atoms with Crippen molar-refractivity contribution < 1.29 is 9.53 Å². The molecular weight excluding hydrogens is 254 g/mol. The van der Waals surface area contributed by atoms with Crippen molar-refractivity contribution in [3.63, 3.8) is 0 Å². The number of pyridine rings is 1. The van der Waals surface area contributed by atoms with Gasteiger partial charge in [0.15, 0.2) is 0 Å². The Morgan fingerprint density at radius 1 is 1.45 bits per heavy atom. The smallest absolute Gasteiger partial charge is 0.251 e. The lowest BCUT2D eigenvalue weighted by molar-refractivity contribution is 0.0841. The van der Waals surface area contributed by atoms with Gasteiger partial charge in [0.05, 0.1) is 18.2 Å². The predicted octanol–water partition coefficient (Wildman–Crippen LogP) is 1.87. The van der Waals surface area contributed by atoms with Gasteiger partial charge in [-0.05, 0) is 45.2 Å². The molecule has 0 aliphatic carbocycles. The van der Waals surface area contributed by atoms with E-state index in [0.717, 1.165) is 37.3 Å². The van der Waals surface area contributed by atoms with E-state index >= 15 is 0 Å². The fraction of sp³-hybridized carbons (Fsp3) is 0.600. The third-order valence-electron chi connectivity index (χ3n) is 4.00. The average molecular weight is 275 g/mol. The summed E-state index contributed by atoms with van der Waals surface area (Å²) in [7, 11) is 0. The summed E-state index contributed by atoms with van der Waals surface area (Å²) in [5, 5.41) is 6.25. The largest absolute Gasteiger partial charge is 0.373 e. The van der Waals surface area contributed by atoms with E-state index in [1.54, 1.807) is 6.07 Å². The zero-order chi connectivity index (χ0) is 14.1. The molecule has 3 atom stereocenters. The number of nitrogens with zero attached hydrogens (tertiary/aromatic N) is 1. The van der Waals surface area contributed by atoms with Gasteiger partial charge in [0.2, 0.25) is 0 Å². The molecule has 2 aliphatic heterocycles. The van der Waals surface area contributed by atoms with E-state index in [1.807, 2.05) is 19.9 Å². The van der Waals surface area contributed by atoms with E-state index in [1.165, 1.54) is 0 Å². The summed E-state index contributed by atoms with van der Waals surface area (Å²) in [4.78, 5) is 16.7. The molecule has 2 bridgehead atoms. The minimum atomic E-state index is -0.0317. The van der Waals surface area contributed by atoms with Crippen LogP contribution in [0.25, 0.3) is 0 Å². The maximum absolute atomic E-state index is 12.4. The Bertz CT molecular complexity index is 518. The Balaban J connectivity index is 1.70. The molecular formula is C15H21N3O2. The molecule has 2 fully saturated rings. The average Bonchev–Trinajstić information content (AvgIpc) is 3.00. The molecule has 3 heterocycles. The second kappa shape index (κ2) is 5.40. The summed E-state index contributed by atoms with van der Waals surface area (Å²) in [6.45, 7) is 4.70. The van der Waals surface area contributed by atoms with Crippen molar-refractivity contribution >= 4 is 11.7 Å². The van der Waals surface area contributed by atoms with Crippen LogP contribution in [0.3, 0.4) is 0 Å². The number of fused-ring (bicyclic) bond motifs is 2. The highest BCUT2D eigenvalue weighted by molar-refractivity contribution is 5.95. The van der Waals surface area contributed by atoms with Gasteiger partial charge in [0.1, 0.15) is 5.82 Å². The Morgan fingerprint density at radius 2 is 2.30 bits per heavy atom. The predicted molar refractivity (Wildman–Crippen MR) is 76.9 cm³/mol. The maximum Gasteiger partial charge on any atom is 0.251 e. The topological polar surface area (TPSA) is 63.2 Å². The van der Waals surface area contributed by atoms with Crippen LogP contribution in [0.15, 0.2) is 12.1 Å². The molecule has 108 valence electrons. The highest BCUT2D eigenvalue weighted by Gasteiger charge is 2.41. The Labute approximate surface area is 119 Å². The number of hydrogen-bond acceptors (Lipinski definition) is 4. The number of anilines is 1. The first-order valence-corrected chi connectivity index (χ1v) is 7.34. The molecule has 0 saturated carbocycles. The number of carbonyl (C=O) groups excluding carboxylic acids is 1. The van der Waals surface area contributed by atoms with Gasteiger partial charge in [-0.25, -0.2) is 4.98 Å². The van der Waals surface area contributed by atoms with Crippen molar-refractivity contribution in [2.45, 2.75) is 51.4 Å². The number of rotatable bonds is 4. The zero-order valence-electron chi connectivity index (χ0n) is 12.0. The van der Waals surface area contributed by atoms with Crippen molar-refractivity contribution in [2.75, 3.05) is 11.9 Å². The van der Waals surface area contributed by atoms with E-state index in [9.17, 15) is 4.79 Å². The number of ether oxygens (including phenoxy) is 1. The summed E-state index contributed by atoms with van der Waals surface area (Å²) in [6.07, 6.45) is 3.70. The van der Waals surface area contributed by atoms with Gasteiger partial charge in [-0.1, -0.05) is 0 Å². The van der Waals surface area contributed by atoms with Crippen LogP contribution in [0.1, 0.15) is 42.2 Å². The molecule has 2 N–H and O–H groups in total. The second-order valence-electron chi connectivity index (χ2n) is 5.60. The normalized spacial score (nSPS) is 27.6. The van der Waals surface area contributed by atoms with Crippen molar-refractivity contribution in [1.82, 2.24) is 10.3 Å². The first-order chi connectivity index (χ1) is 9.65. The molecule has 0 aromatic carbocycles. The van der Waals surface area contributed by atoms with E-state index < -0.39 is 0 Å². The lowest BCUT2D eigenvalue weighted by Gasteiger charge is -2.20. The van der Waals surface area contributed by atoms with Crippen LogP contribution in [-0.4, -0.2) is 35.7 Å². The minimum Gasteiger partial charge on any atom is -0.373 e. The molecule has 3 rings (SSSR count). The van der Waals surface area contributed by atoms with Gasteiger partial charge < -0.3 is 15.4 Å².